The number of methoxy groups -OCH3 is 1. The van der Waals surface area contributed by atoms with Crippen molar-refractivity contribution < 1.29 is 4.74 Å². The Kier molecular flexibility index (Phi) is 2.90. The SMILES string of the molecule is COC1CN(C)CC1C(C)C. The van der Waals surface area contributed by atoms with Crippen LogP contribution in [0.5, 0.6) is 0 Å². The van der Waals surface area contributed by atoms with Crippen LogP contribution in [0.25, 0.3) is 0 Å². The maximum Gasteiger partial charge on any atom is 0.0740 e. The quantitative estimate of drug-likeness (QED) is 0.597. The fourth-order valence-electron chi connectivity index (χ4n) is 1.88. The minimum Gasteiger partial charge on any atom is -0.380 e. The lowest BCUT2D eigenvalue weighted by Gasteiger charge is -2.20. The molecule has 1 saturated heterocycles. The maximum atomic E-state index is 5.41. The lowest BCUT2D eigenvalue weighted by Crippen LogP contribution is -2.24. The van der Waals surface area contributed by atoms with E-state index in [0.717, 1.165) is 18.4 Å². The van der Waals surface area contributed by atoms with Gasteiger partial charge in [-0.1, -0.05) is 13.8 Å². The van der Waals surface area contributed by atoms with Gasteiger partial charge in [0.25, 0.3) is 0 Å². The van der Waals surface area contributed by atoms with Crippen LogP contribution in [0.15, 0.2) is 0 Å². The zero-order valence-corrected chi connectivity index (χ0v) is 8.00. The number of rotatable bonds is 2. The molecule has 0 amide bonds. The summed E-state index contributed by atoms with van der Waals surface area (Å²) in [6.45, 7) is 6.83. The summed E-state index contributed by atoms with van der Waals surface area (Å²) in [6.07, 6.45) is 0.458. The molecule has 0 aliphatic carbocycles. The van der Waals surface area contributed by atoms with Gasteiger partial charge in [0.15, 0.2) is 0 Å². The van der Waals surface area contributed by atoms with Crippen molar-refractivity contribution in [3.63, 3.8) is 0 Å². The predicted molar refractivity (Wildman–Crippen MR) is 46.6 cm³/mol. The van der Waals surface area contributed by atoms with Gasteiger partial charge in [0, 0.05) is 26.1 Å². The molecule has 0 radical (unpaired) electrons. The Labute approximate surface area is 69.5 Å². The normalized spacial score (nSPS) is 33.5. The van der Waals surface area contributed by atoms with E-state index >= 15 is 0 Å². The van der Waals surface area contributed by atoms with Gasteiger partial charge in [-0.25, -0.2) is 0 Å². The van der Waals surface area contributed by atoms with Gasteiger partial charge in [-0.2, -0.15) is 0 Å². The van der Waals surface area contributed by atoms with Gasteiger partial charge < -0.3 is 9.64 Å². The molecular weight excluding hydrogens is 138 g/mol. The van der Waals surface area contributed by atoms with E-state index < -0.39 is 0 Å². The minimum absolute atomic E-state index is 0.458. The van der Waals surface area contributed by atoms with Crippen molar-refractivity contribution in [1.82, 2.24) is 4.90 Å². The molecular formula is C9H19NO. The second-order valence-electron chi connectivity index (χ2n) is 3.90. The third kappa shape index (κ3) is 1.94. The molecule has 1 aliphatic heterocycles. The predicted octanol–water partition coefficient (Wildman–Crippen LogP) is 1.22. The summed E-state index contributed by atoms with van der Waals surface area (Å²) in [5, 5.41) is 0. The highest BCUT2D eigenvalue weighted by atomic mass is 16.5. The van der Waals surface area contributed by atoms with Crippen molar-refractivity contribution >= 4 is 0 Å². The molecule has 0 spiro atoms. The molecule has 66 valence electrons. The smallest absolute Gasteiger partial charge is 0.0740 e. The van der Waals surface area contributed by atoms with E-state index in [9.17, 15) is 0 Å². The van der Waals surface area contributed by atoms with Crippen molar-refractivity contribution in [2.45, 2.75) is 20.0 Å². The second-order valence-corrected chi connectivity index (χ2v) is 3.90. The van der Waals surface area contributed by atoms with Crippen LogP contribution in [0.2, 0.25) is 0 Å². The van der Waals surface area contributed by atoms with Crippen molar-refractivity contribution in [2.24, 2.45) is 11.8 Å². The number of hydrogen-bond acceptors (Lipinski definition) is 2. The molecule has 2 heteroatoms. The van der Waals surface area contributed by atoms with E-state index in [0.29, 0.717) is 6.10 Å². The Bertz CT molecular complexity index is 125. The molecule has 11 heavy (non-hydrogen) atoms. The molecule has 0 saturated carbocycles. The van der Waals surface area contributed by atoms with Crippen molar-refractivity contribution in [1.29, 1.82) is 0 Å². The van der Waals surface area contributed by atoms with Crippen LogP contribution in [-0.2, 0) is 4.74 Å². The summed E-state index contributed by atoms with van der Waals surface area (Å²) in [6, 6.07) is 0. The van der Waals surface area contributed by atoms with Gasteiger partial charge in [0.2, 0.25) is 0 Å². The first-order valence-electron chi connectivity index (χ1n) is 4.36. The molecule has 2 nitrogen and oxygen atoms in total. The van der Waals surface area contributed by atoms with E-state index in [1.165, 1.54) is 6.54 Å². The minimum atomic E-state index is 0.458. The molecule has 1 rings (SSSR count). The van der Waals surface area contributed by atoms with Crippen LogP contribution in [0, 0.1) is 11.8 Å². The van der Waals surface area contributed by atoms with Gasteiger partial charge in [-0.05, 0) is 13.0 Å². The summed E-state index contributed by atoms with van der Waals surface area (Å²) in [5.41, 5.74) is 0. The summed E-state index contributed by atoms with van der Waals surface area (Å²) in [5.74, 6) is 1.47. The third-order valence-electron chi connectivity index (χ3n) is 2.65. The average molecular weight is 157 g/mol. The zero-order chi connectivity index (χ0) is 8.43. The Morgan fingerprint density at radius 1 is 1.36 bits per heavy atom. The van der Waals surface area contributed by atoms with Crippen LogP contribution in [0.3, 0.4) is 0 Å². The standard InChI is InChI=1S/C9H19NO/c1-7(2)8-5-10(3)6-9(8)11-4/h7-9H,5-6H2,1-4H3. The van der Waals surface area contributed by atoms with Gasteiger partial charge >= 0.3 is 0 Å². The fraction of sp³-hybridized carbons (Fsp3) is 1.00. The Balaban J connectivity index is 2.50. The van der Waals surface area contributed by atoms with Crippen LogP contribution < -0.4 is 0 Å². The Morgan fingerprint density at radius 2 is 2.00 bits per heavy atom. The largest absolute Gasteiger partial charge is 0.380 e. The number of hydrogen-bond donors (Lipinski definition) is 0. The first-order valence-corrected chi connectivity index (χ1v) is 4.36. The van der Waals surface area contributed by atoms with Gasteiger partial charge in [-0.3, -0.25) is 0 Å². The lowest BCUT2D eigenvalue weighted by molar-refractivity contribution is 0.0644. The maximum absolute atomic E-state index is 5.41. The molecule has 0 bridgehead atoms. The highest BCUT2D eigenvalue weighted by Gasteiger charge is 2.32. The van der Waals surface area contributed by atoms with Crippen LogP contribution in [-0.4, -0.2) is 38.3 Å². The molecule has 1 heterocycles. The number of ether oxygens (including phenoxy) is 1. The highest BCUT2D eigenvalue weighted by Crippen LogP contribution is 2.24. The van der Waals surface area contributed by atoms with E-state index in [2.05, 4.69) is 25.8 Å². The average Bonchev–Trinajstić information content (AvgIpc) is 2.30. The third-order valence-corrected chi connectivity index (χ3v) is 2.65. The molecule has 2 atom stereocenters. The Morgan fingerprint density at radius 3 is 2.36 bits per heavy atom. The molecule has 0 N–H and O–H groups in total. The highest BCUT2D eigenvalue weighted by molar-refractivity contribution is 4.84. The van der Waals surface area contributed by atoms with Crippen LogP contribution >= 0.6 is 0 Å². The van der Waals surface area contributed by atoms with E-state index in [4.69, 9.17) is 4.74 Å². The van der Waals surface area contributed by atoms with Gasteiger partial charge in [0.05, 0.1) is 6.10 Å². The molecule has 1 fully saturated rings. The molecule has 0 aromatic heterocycles. The second kappa shape index (κ2) is 3.55. The van der Waals surface area contributed by atoms with Crippen LogP contribution in [0.1, 0.15) is 13.8 Å². The zero-order valence-electron chi connectivity index (χ0n) is 8.00. The Hall–Kier alpha value is -0.0800. The molecule has 1 aliphatic rings. The molecule has 0 aromatic rings. The van der Waals surface area contributed by atoms with E-state index in [-0.39, 0.29) is 0 Å². The fourth-order valence-corrected chi connectivity index (χ4v) is 1.88. The first kappa shape index (κ1) is 9.01. The topological polar surface area (TPSA) is 12.5 Å². The number of likely N-dealkylation sites (tertiary alicyclic amines) is 1. The summed E-state index contributed by atoms with van der Waals surface area (Å²) < 4.78 is 5.41. The first-order chi connectivity index (χ1) is 5.15. The van der Waals surface area contributed by atoms with Crippen molar-refractivity contribution in [2.75, 3.05) is 27.2 Å². The molecule has 2 unspecified atom stereocenters. The summed E-state index contributed by atoms with van der Waals surface area (Å²) in [7, 11) is 3.98. The van der Waals surface area contributed by atoms with Gasteiger partial charge in [0.1, 0.15) is 0 Å². The van der Waals surface area contributed by atoms with Crippen molar-refractivity contribution in [3.05, 3.63) is 0 Å². The van der Waals surface area contributed by atoms with E-state index in [1.807, 2.05) is 7.11 Å². The number of likely N-dealkylation sites (N-methyl/N-ethyl adjacent to an activating group) is 1. The summed E-state index contributed by atoms with van der Waals surface area (Å²) >= 11 is 0. The van der Waals surface area contributed by atoms with Gasteiger partial charge in [-0.15, -0.1) is 0 Å². The monoisotopic (exact) mass is 157 g/mol. The molecule has 0 aromatic carbocycles. The number of nitrogens with zero attached hydrogens (tertiary/aromatic N) is 1. The van der Waals surface area contributed by atoms with Crippen LogP contribution in [0.4, 0.5) is 0 Å². The summed E-state index contributed by atoms with van der Waals surface area (Å²) in [4.78, 5) is 2.35. The van der Waals surface area contributed by atoms with Crippen molar-refractivity contribution in [3.8, 4) is 0 Å². The lowest BCUT2D eigenvalue weighted by atomic mass is 9.93. The van der Waals surface area contributed by atoms with E-state index in [1.54, 1.807) is 0 Å².